The first-order valence-electron chi connectivity index (χ1n) is 10.2. The van der Waals surface area contributed by atoms with E-state index < -0.39 is 5.97 Å². The van der Waals surface area contributed by atoms with Gasteiger partial charge in [0.25, 0.3) is 0 Å². The SMILES string of the molecule is CCN(CC(=O)O)C1CCN(C(=O)Nc2ccc(-c3ccccc3)c(C)c2)CC1. The van der Waals surface area contributed by atoms with Crippen LogP contribution in [0.4, 0.5) is 10.5 Å². The van der Waals surface area contributed by atoms with Gasteiger partial charge in [0.1, 0.15) is 0 Å². The van der Waals surface area contributed by atoms with Crippen LogP contribution >= 0.6 is 0 Å². The van der Waals surface area contributed by atoms with E-state index >= 15 is 0 Å². The lowest BCUT2D eigenvalue weighted by atomic mass is 10.00. The van der Waals surface area contributed by atoms with E-state index in [1.807, 2.05) is 60.0 Å². The van der Waals surface area contributed by atoms with Crippen LogP contribution < -0.4 is 5.32 Å². The molecule has 29 heavy (non-hydrogen) atoms. The molecule has 1 aliphatic heterocycles. The molecule has 2 amide bonds. The van der Waals surface area contributed by atoms with Gasteiger partial charge in [0.05, 0.1) is 6.54 Å². The Morgan fingerprint density at radius 2 is 1.83 bits per heavy atom. The average Bonchev–Trinajstić information content (AvgIpc) is 2.72. The second-order valence-corrected chi connectivity index (χ2v) is 7.50. The highest BCUT2D eigenvalue weighted by Crippen LogP contribution is 2.26. The summed E-state index contributed by atoms with van der Waals surface area (Å²) < 4.78 is 0. The first-order valence-corrected chi connectivity index (χ1v) is 10.2. The maximum absolute atomic E-state index is 12.7. The van der Waals surface area contributed by atoms with E-state index in [-0.39, 0.29) is 18.6 Å². The van der Waals surface area contributed by atoms with E-state index in [2.05, 4.69) is 17.4 Å². The minimum atomic E-state index is -0.804. The van der Waals surface area contributed by atoms with E-state index in [0.717, 1.165) is 35.2 Å². The van der Waals surface area contributed by atoms with Crippen LogP contribution in [0.2, 0.25) is 0 Å². The second-order valence-electron chi connectivity index (χ2n) is 7.50. The lowest BCUT2D eigenvalue weighted by molar-refractivity contribution is -0.139. The highest BCUT2D eigenvalue weighted by Gasteiger charge is 2.27. The molecule has 1 heterocycles. The van der Waals surface area contributed by atoms with Crippen molar-refractivity contribution in [2.45, 2.75) is 32.7 Å². The Labute approximate surface area is 172 Å². The van der Waals surface area contributed by atoms with Crippen LogP contribution in [-0.2, 0) is 4.79 Å². The number of urea groups is 1. The first-order chi connectivity index (χ1) is 14.0. The largest absolute Gasteiger partial charge is 0.480 e. The summed E-state index contributed by atoms with van der Waals surface area (Å²) in [6, 6.07) is 16.3. The van der Waals surface area contributed by atoms with Gasteiger partial charge in [-0.2, -0.15) is 0 Å². The molecule has 1 fully saturated rings. The smallest absolute Gasteiger partial charge is 0.321 e. The number of nitrogens with zero attached hydrogens (tertiary/aromatic N) is 2. The van der Waals surface area contributed by atoms with E-state index in [1.54, 1.807) is 0 Å². The maximum Gasteiger partial charge on any atom is 0.321 e. The number of aryl methyl sites for hydroxylation is 1. The molecule has 0 saturated carbocycles. The summed E-state index contributed by atoms with van der Waals surface area (Å²) in [5.41, 5.74) is 4.21. The second kappa shape index (κ2) is 9.56. The molecule has 6 heteroatoms. The van der Waals surface area contributed by atoms with Gasteiger partial charge in [-0.15, -0.1) is 0 Å². The molecule has 2 N–H and O–H groups in total. The number of anilines is 1. The number of aliphatic carboxylic acids is 1. The Kier molecular flexibility index (Phi) is 6.88. The fraction of sp³-hybridized carbons (Fsp3) is 0.391. The standard InChI is InChI=1S/C23H29N3O3/c1-3-25(16-22(27)28)20-11-13-26(14-12-20)23(29)24-19-9-10-21(17(2)15-19)18-7-5-4-6-8-18/h4-10,15,20H,3,11-14,16H2,1-2H3,(H,24,29)(H,27,28). The Morgan fingerprint density at radius 1 is 1.14 bits per heavy atom. The summed E-state index contributed by atoms with van der Waals surface area (Å²) in [5.74, 6) is -0.804. The van der Waals surface area contributed by atoms with Gasteiger partial charge in [0.15, 0.2) is 0 Å². The third-order valence-corrected chi connectivity index (χ3v) is 5.58. The van der Waals surface area contributed by atoms with Gasteiger partial charge in [-0.1, -0.05) is 43.3 Å². The summed E-state index contributed by atoms with van der Waals surface area (Å²) in [6.45, 7) is 6.05. The number of hydrogen-bond donors (Lipinski definition) is 2. The van der Waals surface area contributed by atoms with Crippen molar-refractivity contribution in [1.82, 2.24) is 9.80 Å². The molecule has 0 aliphatic carbocycles. The molecule has 1 aliphatic rings. The van der Waals surface area contributed by atoms with Crippen LogP contribution in [0, 0.1) is 6.92 Å². The Morgan fingerprint density at radius 3 is 2.41 bits per heavy atom. The van der Waals surface area contributed by atoms with Gasteiger partial charge in [-0.3, -0.25) is 9.69 Å². The van der Waals surface area contributed by atoms with Crippen molar-refractivity contribution in [2.24, 2.45) is 0 Å². The first kappa shape index (κ1) is 20.9. The van der Waals surface area contributed by atoms with Crippen molar-refractivity contribution >= 4 is 17.7 Å². The molecular formula is C23H29N3O3. The molecule has 2 aromatic carbocycles. The van der Waals surface area contributed by atoms with Gasteiger partial charge in [0, 0.05) is 24.8 Å². The number of likely N-dealkylation sites (N-methyl/N-ethyl adjacent to an activating group) is 1. The lowest BCUT2D eigenvalue weighted by Gasteiger charge is -2.37. The molecule has 0 radical (unpaired) electrons. The van der Waals surface area contributed by atoms with Crippen LogP contribution in [-0.4, -0.2) is 59.1 Å². The topological polar surface area (TPSA) is 72.9 Å². The highest BCUT2D eigenvalue weighted by atomic mass is 16.4. The van der Waals surface area contributed by atoms with Crippen LogP contribution in [0.5, 0.6) is 0 Å². The van der Waals surface area contributed by atoms with E-state index in [9.17, 15) is 9.59 Å². The molecular weight excluding hydrogens is 366 g/mol. The normalized spacial score (nSPS) is 14.8. The summed E-state index contributed by atoms with van der Waals surface area (Å²) in [5, 5.41) is 12.0. The molecule has 154 valence electrons. The number of amides is 2. The number of carboxylic acid groups (broad SMARTS) is 1. The number of benzene rings is 2. The van der Waals surface area contributed by atoms with Crippen molar-refractivity contribution in [2.75, 3.05) is 31.5 Å². The number of hydrogen-bond acceptors (Lipinski definition) is 3. The molecule has 3 rings (SSSR count). The zero-order chi connectivity index (χ0) is 20.8. The summed E-state index contributed by atoms with van der Waals surface area (Å²) in [6.07, 6.45) is 1.58. The van der Waals surface area contributed by atoms with Gasteiger partial charge >= 0.3 is 12.0 Å². The van der Waals surface area contributed by atoms with Crippen molar-refractivity contribution in [3.05, 3.63) is 54.1 Å². The highest BCUT2D eigenvalue weighted by molar-refractivity contribution is 5.90. The van der Waals surface area contributed by atoms with Crippen molar-refractivity contribution in [3.8, 4) is 11.1 Å². The van der Waals surface area contributed by atoms with Crippen LogP contribution in [0.15, 0.2) is 48.5 Å². The maximum atomic E-state index is 12.7. The number of carboxylic acids is 1. The molecule has 0 atom stereocenters. The van der Waals surface area contributed by atoms with Gasteiger partial charge in [-0.25, -0.2) is 4.79 Å². The fourth-order valence-corrected chi connectivity index (χ4v) is 3.99. The van der Waals surface area contributed by atoms with Crippen molar-refractivity contribution in [3.63, 3.8) is 0 Å². The Balaban J connectivity index is 1.57. The minimum Gasteiger partial charge on any atom is -0.480 e. The Hall–Kier alpha value is -2.86. The summed E-state index contributed by atoms with van der Waals surface area (Å²) in [4.78, 5) is 27.5. The van der Waals surface area contributed by atoms with E-state index in [4.69, 9.17) is 5.11 Å². The number of carbonyl (C=O) groups excluding carboxylic acids is 1. The predicted molar refractivity (Wildman–Crippen MR) is 115 cm³/mol. The number of likely N-dealkylation sites (tertiary alicyclic amines) is 1. The van der Waals surface area contributed by atoms with Crippen LogP contribution in [0.3, 0.4) is 0 Å². The zero-order valence-electron chi connectivity index (χ0n) is 17.1. The Bertz CT molecular complexity index is 846. The monoisotopic (exact) mass is 395 g/mol. The summed E-state index contributed by atoms with van der Waals surface area (Å²) >= 11 is 0. The van der Waals surface area contributed by atoms with Crippen LogP contribution in [0.1, 0.15) is 25.3 Å². The molecule has 6 nitrogen and oxygen atoms in total. The van der Waals surface area contributed by atoms with Crippen molar-refractivity contribution < 1.29 is 14.7 Å². The molecule has 2 aromatic rings. The van der Waals surface area contributed by atoms with E-state index in [1.165, 1.54) is 0 Å². The number of carbonyl (C=O) groups is 2. The number of nitrogens with one attached hydrogen (secondary N) is 1. The lowest BCUT2D eigenvalue weighted by Crippen LogP contribution is -2.49. The fourth-order valence-electron chi connectivity index (χ4n) is 3.99. The zero-order valence-corrected chi connectivity index (χ0v) is 17.1. The van der Waals surface area contributed by atoms with Gasteiger partial charge in [0.2, 0.25) is 0 Å². The third kappa shape index (κ3) is 5.35. The number of rotatable bonds is 6. The molecule has 0 aromatic heterocycles. The van der Waals surface area contributed by atoms with E-state index in [0.29, 0.717) is 19.6 Å². The summed E-state index contributed by atoms with van der Waals surface area (Å²) in [7, 11) is 0. The number of piperidine rings is 1. The third-order valence-electron chi connectivity index (χ3n) is 5.58. The predicted octanol–water partition coefficient (Wildman–Crippen LogP) is 4.06. The van der Waals surface area contributed by atoms with Crippen molar-refractivity contribution in [1.29, 1.82) is 0 Å². The van der Waals surface area contributed by atoms with Crippen LogP contribution in [0.25, 0.3) is 11.1 Å². The molecule has 0 bridgehead atoms. The molecule has 0 spiro atoms. The molecule has 0 unspecified atom stereocenters. The minimum absolute atomic E-state index is 0.0560. The molecule has 1 saturated heterocycles. The van der Waals surface area contributed by atoms with Gasteiger partial charge in [-0.05, 0) is 55.1 Å². The average molecular weight is 396 g/mol. The quantitative estimate of drug-likeness (QED) is 0.773. The van der Waals surface area contributed by atoms with Gasteiger partial charge < -0.3 is 15.3 Å².